The van der Waals surface area contributed by atoms with Crippen molar-refractivity contribution in [3.05, 3.63) is 45.3 Å². The summed E-state index contributed by atoms with van der Waals surface area (Å²) in [4.78, 5) is 7.23. The van der Waals surface area contributed by atoms with E-state index in [9.17, 15) is 0 Å². The van der Waals surface area contributed by atoms with Gasteiger partial charge in [-0.05, 0) is 37.0 Å². The van der Waals surface area contributed by atoms with Crippen LogP contribution in [0, 0.1) is 0 Å². The van der Waals surface area contributed by atoms with E-state index in [1.165, 1.54) is 24.1 Å². The number of nitrogens with zero attached hydrogens (tertiary/aromatic N) is 1. The summed E-state index contributed by atoms with van der Waals surface area (Å²) in [5.74, 6) is 0.712. The molecule has 0 atom stereocenters. The molecule has 4 heteroatoms. The monoisotopic (exact) mass is 274 g/mol. The first-order valence-electron chi connectivity index (χ1n) is 6.66. The summed E-state index contributed by atoms with van der Waals surface area (Å²) < 4.78 is 5.25. The Labute approximate surface area is 117 Å². The van der Waals surface area contributed by atoms with Crippen molar-refractivity contribution in [3.63, 3.8) is 0 Å². The minimum atomic E-state index is 0.712. The molecule has 0 bridgehead atoms. The van der Waals surface area contributed by atoms with Gasteiger partial charge >= 0.3 is 0 Å². The number of nitrogens with one attached hydrogen (secondary N) is 1. The molecule has 0 fully saturated rings. The zero-order chi connectivity index (χ0) is 13.1. The molecule has 0 aliphatic heterocycles. The van der Waals surface area contributed by atoms with Crippen molar-refractivity contribution in [3.8, 4) is 5.88 Å². The summed E-state index contributed by atoms with van der Waals surface area (Å²) >= 11 is 1.96. The van der Waals surface area contributed by atoms with Gasteiger partial charge in [-0.25, -0.2) is 4.98 Å². The molecule has 0 saturated carbocycles. The molecule has 1 N–H and O–H groups in total. The third kappa shape index (κ3) is 2.80. The van der Waals surface area contributed by atoms with E-state index in [0.29, 0.717) is 5.88 Å². The lowest BCUT2D eigenvalue weighted by Gasteiger charge is -2.07. The molecule has 0 spiro atoms. The quantitative estimate of drug-likeness (QED) is 0.910. The zero-order valence-electron chi connectivity index (χ0n) is 11.1. The Balaban J connectivity index is 1.57. The Kier molecular flexibility index (Phi) is 3.80. The minimum Gasteiger partial charge on any atom is -0.481 e. The highest BCUT2D eigenvalue weighted by Crippen LogP contribution is 2.30. The van der Waals surface area contributed by atoms with Crippen LogP contribution < -0.4 is 10.1 Å². The van der Waals surface area contributed by atoms with E-state index < -0.39 is 0 Å². The fourth-order valence-electron chi connectivity index (χ4n) is 2.54. The third-order valence-corrected chi connectivity index (χ3v) is 4.69. The Bertz CT molecular complexity index is 544. The molecular formula is C15H18N2OS. The van der Waals surface area contributed by atoms with Gasteiger partial charge in [0.05, 0.1) is 7.11 Å². The lowest BCUT2D eigenvalue weighted by atomic mass is 10.2. The van der Waals surface area contributed by atoms with Crippen LogP contribution in [0.4, 0.5) is 0 Å². The SMILES string of the molecule is COc1ncccc1CNCc1cc2c(s1)CCC2. The topological polar surface area (TPSA) is 34.1 Å². The molecule has 2 aromatic heterocycles. The van der Waals surface area contributed by atoms with Gasteiger partial charge < -0.3 is 10.1 Å². The minimum absolute atomic E-state index is 0.712. The normalized spacial score (nSPS) is 13.5. The van der Waals surface area contributed by atoms with Crippen LogP contribution in [0.1, 0.15) is 27.3 Å². The van der Waals surface area contributed by atoms with E-state index in [4.69, 9.17) is 4.74 Å². The summed E-state index contributed by atoms with van der Waals surface area (Å²) in [7, 11) is 1.66. The van der Waals surface area contributed by atoms with Crippen LogP contribution in [0.25, 0.3) is 0 Å². The van der Waals surface area contributed by atoms with Gasteiger partial charge in [-0.3, -0.25) is 0 Å². The van der Waals surface area contributed by atoms with Crippen LogP contribution in [-0.4, -0.2) is 12.1 Å². The molecule has 1 aliphatic rings. The molecule has 2 heterocycles. The number of pyridine rings is 1. The summed E-state index contributed by atoms with van der Waals surface area (Å²) in [6, 6.07) is 6.35. The van der Waals surface area contributed by atoms with Crippen LogP contribution in [-0.2, 0) is 25.9 Å². The van der Waals surface area contributed by atoms with Gasteiger partial charge in [0.2, 0.25) is 5.88 Å². The first-order valence-corrected chi connectivity index (χ1v) is 7.47. The number of aromatic nitrogens is 1. The molecule has 100 valence electrons. The highest BCUT2D eigenvalue weighted by atomic mass is 32.1. The van der Waals surface area contributed by atoms with Gasteiger partial charge in [-0.2, -0.15) is 0 Å². The molecular weight excluding hydrogens is 256 g/mol. The molecule has 0 saturated heterocycles. The number of hydrogen-bond acceptors (Lipinski definition) is 4. The number of aryl methyl sites for hydroxylation is 2. The first-order chi connectivity index (χ1) is 9.36. The summed E-state index contributed by atoms with van der Waals surface area (Å²) in [5, 5.41) is 3.47. The van der Waals surface area contributed by atoms with E-state index in [2.05, 4.69) is 16.4 Å². The molecule has 0 unspecified atom stereocenters. The molecule has 1 aliphatic carbocycles. The number of hydrogen-bond donors (Lipinski definition) is 1. The maximum absolute atomic E-state index is 5.25. The van der Waals surface area contributed by atoms with Crippen molar-refractivity contribution in [2.75, 3.05) is 7.11 Å². The van der Waals surface area contributed by atoms with Crippen LogP contribution in [0.2, 0.25) is 0 Å². The molecule has 19 heavy (non-hydrogen) atoms. The molecule has 3 rings (SSSR count). The molecule has 0 radical (unpaired) electrons. The lowest BCUT2D eigenvalue weighted by molar-refractivity contribution is 0.390. The van der Waals surface area contributed by atoms with Crippen molar-refractivity contribution in [2.24, 2.45) is 0 Å². The van der Waals surface area contributed by atoms with Crippen molar-refractivity contribution >= 4 is 11.3 Å². The molecule has 3 nitrogen and oxygen atoms in total. The van der Waals surface area contributed by atoms with Crippen LogP contribution in [0.5, 0.6) is 5.88 Å². The van der Waals surface area contributed by atoms with Gasteiger partial charge in [-0.1, -0.05) is 6.07 Å². The Morgan fingerprint density at radius 1 is 1.37 bits per heavy atom. The fraction of sp³-hybridized carbons (Fsp3) is 0.400. The molecule has 0 aromatic carbocycles. The highest BCUT2D eigenvalue weighted by molar-refractivity contribution is 7.12. The Morgan fingerprint density at radius 2 is 2.32 bits per heavy atom. The van der Waals surface area contributed by atoms with E-state index in [-0.39, 0.29) is 0 Å². The van der Waals surface area contributed by atoms with Gasteiger partial charge in [0, 0.05) is 34.6 Å². The fourth-order valence-corrected chi connectivity index (χ4v) is 3.77. The largest absolute Gasteiger partial charge is 0.481 e. The Hall–Kier alpha value is -1.39. The average molecular weight is 274 g/mol. The molecule has 0 amide bonds. The lowest BCUT2D eigenvalue weighted by Crippen LogP contribution is -2.13. The molecule has 2 aromatic rings. The van der Waals surface area contributed by atoms with Gasteiger partial charge in [0.15, 0.2) is 0 Å². The smallest absolute Gasteiger partial charge is 0.217 e. The average Bonchev–Trinajstić information content (AvgIpc) is 3.00. The summed E-state index contributed by atoms with van der Waals surface area (Å²) in [6.45, 7) is 1.72. The number of rotatable bonds is 5. The van der Waals surface area contributed by atoms with Crippen LogP contribution in [0.3, 0.4) is 0 Å². The predicted octanol–water partition coefficient (Wildman–Crippen LogP) is 2.93. The van der Waals surface area contributed by atoms with Gasteiger partial charge in [-0.15, -0.1) is 11.3 Å². The van der Waals surface area contributed by atoms with Crippen LogP contribution in [0.15, 0.2) is 24.4 Å². The number of thiophene rings is 1. The maximum atomic E-state index is 5.25. The van der Waals surface area contributed by atoms with E-state index in [0.717, 1.165) is 18.7 Å². The van der Waals surface area contributed by atoms with Crippen molar-refractivity contribution < 1.29 is 4.74 Å². The van der Waals surface area contributed by atoms with E-state index >= 15 is 0 Å². The van der Waals surface area contributed by atoms with Crippen molar-refractivity contribution in [1.82, 2.24) is 10.3 Å². The Morgan fingerprint density at radius 3 is 3.16 bits per heavy atom. The second kappa shape index (κ2) is 5.72. The van der Waals surface area contributed by atoms with Gasteiger partial charge in [0.1, 0.15) is 0 Å². The van der Waals surface area contributed by atoms with Crippen molar-refractivity contribution in [1.29, 1.82) is 0 Å². The van der Waals surface area contributed by atoms with Crippen LogP contribution >= 0.6 is 11.3 Å². The first kappa shape index (κ1) is 12.6. The van der Waals surface area contributed by atoms with E-state index in [1.807, 2.05) is 23.5 Å². The van der Waals surface area contributed by atoms with Gasteiger partial charge in [0.25, 0.3) is 0 Å². The summed E-state index contributed by atoms with van der Waals surface area (Å²) in [6.07, 6.45) is 5.63. The number of ether oxygens (including phenoxy) is 1. The van der Waals surface area contributed by atoms with E-state index in [1.54, 1.807) is 23.7 Å². The highest BCUT2D eigenvalue weighted by Gasteiger charge is 2.14. The number of fused-ring (bicyclic) bond motifs is 1. The predicted molar refractivity (Wildman–Crippen MR) is 77.7 cm³/mol. The zero-order valence-corrected chi connectivity index (χ0v) is 11.9. The van der Waals surface area contributed by atoms with Crippen molar-refractivity contribution in [2.45, 2.75) is 32.4 Å². The maximum Gasteiger partial charge on any atom is 0.217 e. The third-order valence-electron chi connectivity index (χ3n) is 3.46. The summed E-state index contributed by atoms with van der Waals surface area (Å²) in [5.41, 5.74) is 2.68. The second-order valence-electron chi connectivity index (χ2n) is 4.79. The standard InChI is InChI=1S/C15H18N2OS/c1-18-15-12(5-3-7-17-15)9-16-10-13-8-11-4-2-6-14(11)19-13/h3,5,7-8,16H,2,4,6,9-10H2,1H3. The number of methoxy groups -OCH3 is 1. The second-order valence-corrected chi connectivity index (χ2v) is 6.01.